The van der Waals surface area contributed by atoms with Crippen LogP contribution in [0.2, 0.25) is 5.02 Å². The second-order valence-corrected chi connectivity index (χ2v) is 14.3. The molecule has 49 heavy (non-hydrogen) atoms. The summed E-state index contributed by atoms with van der Waals surface area (Å²) in [5, 5.41) is 30.1. The van der Waals surface area contributed by atoms with E-state index in [1.54, 1.807) is 43.3 Å². The highest BCUT2D eigenvalue weighted by Gasteiger charge is 2.32. The minimum absolute atomic E-state index is 0.215. The Kier molecular flexibility index (Phi) is 11.0. The van der Waals surface area contributed by atoms with Crippen LogP contribution in [-0.4, -0.2) is 99.6 Å². The second kappa shape index (κ2) is 15.4. The van der Waals surface area contributed by atoms with E-state index in [2.05, 4.69) is 49.6 Å². The van der Waals surface area contributed by atoms with E-state index in [0.717, 1.165) is 49.9 Å². The highest BCUT2D eigenvalue weighted by molar-refractivity contribution is 6.32. The molecule has 14 nitrogen and oxygen atoms in total. The first-order valence-electron chi connectivity index (χ1n) is 17.1. The Morgan fingerprint density at radius 1 is 1.06 bits per heavy atom. The minimum atomic E-state index is -0.846. The van der Waals surface area contributed by atoms with Gasteiger partial charge >= 0.3 is 0 Å². The number of nitrogens with zero attached hydrogens (tertiary/aromatic N) is 9. The van der Waals surface area contributed by atoms with Gasteiger partial charge in [0.1, 0.15) is 23.9 Å². The highest BCUT2D eigenvalue weighted by atomic mass is 35.5. The lowest BCUT2D eigenvalue weighted by molar-refractivity contribution is -0.0852. The molecular formula is C34H47ClN10O4. The van der Waals surface area contributed by atoms with Gasteiger partial charge in [-0.25, -0.2) is 14.6 Å². The molecule has 264 valence electrons. The Morgan fingerprint density at radius 2 is 1.78 bits per heavy atom. The van der Waals surface area contributed by atoms with Crippen LogP contribution in [0.1, 0.15) is 72.8 Å². The fourth-order valence-corrected chi connectivity index (χ4v) is 6.73. The van der Waals surface area contributed by atoms with Gasteiger partial charge in [0.15, 0.2) is 0 Å². The number of nitrogens with one attached hydrogen (secondary N) is 1. The van der Waals surface area contributed by atoms with Crippen molar-refractivity contribution in [2.75, 3.05) is 25.0 Å². The molecule has 6 rings (SSSR count). The van der Waals surface area contributed by atoms with E-state index in [1.165, 1.54) is 0 Å². The quantitative estimate of drug-likeness (QED) is 0.186. The molecule has 1 saturated heterocycles. The SMILES string of the molecule is CC(Cn1cnnn1)Oc1cc(-c2cnc(Nc3cn(C4CCC(N5C[C@@H](C)O[C@@H](C)C5)CC4)nc3OCCC(C)(C)O)nc2)ccc1Cl. The van der Waals surface area contributed by atoms with Gasteiger partial charge in [-0.1, -0.05) is 17.7 Å². The predicted molar refractivity (Wildman–Crippen MR) is 185 cm³/mol. The summed E-state index contributed by atoms with van der Waals surface area (Å²) in [7, 11) is 0. The van der Waals surface area contributed by atoms with Crippen molar-refractivity contribution in [2.24, 2.45) is 0 Å². The van der Waals surface area contributed by atoms with Crippen LogP contribution in [-0.2, 0) is 11.3 Å². The molecule has 0 bridgehead atoms. The molecule has 2 aliphatic rings. The normalized spacial score (nSPS) is 22.5. The molecule has 2 fully saturated rings. The monoisotopic (exact) mass is 694 g/mol. The molecule has 4 heterocycles. The molecule has 1 unspecified atom stereocenters. The van der Waals surface area contributed by atoms with Crippen LogP contribution in [0.3, 0.4) is 0 Å². The zero-order valence-corrected chi connectivity index (χ0v) is 29.6. The van der Waals surface area contributed by atoms with Gasteiger partial charge in [0.05, 0.1) is 48.2 Å². The van der Waals surface area contributed by atoms with Gasteiger partial charge in [-0.15, -0.1) is 10.2 Å². The van der Waals surface area contributed by atoms with Gasteiger partial charge in [0, 0.05) is 43.5 Å². The lowest BCUT2D eigenvalue weighted by atomic mass is 9.89. The van der Waals surface area contributed by atoms with E-state index < -0.39 is 5.60 Å². The molecule has 2 N–H and O–H groups in total. The van der Waals surface area contributed by atoms with Crippen molar-refractivity contribution in [3.05, 3.63) is 48.1 Å². The maximum Gasteiger partial charge on any atom is 0.256 e. The third-order valence-corrected chi connectivity index (χ3v) is 9.29. The van der Waals surface area contributed by atoms with Crippen LogP contribution < -0.4 is 14.8 Å². The summed E-state index contributed by atoms with van der Waals surface area (Å²) in [5.74, 6) is 1.42. The highest BCUT2D eigenvalue weighted by Crippen LogP contribution is 2.36. The Balaban J connectivity index is 1.13. The topological polar surface area (TPSA) is 150 Å². The van der Waals surface area contributed by atoms with Crippen LogP contribution in [0.5, 0.6) is 11.6 Å². The molecule has 3 atom stereocenters. The number of hydrogen-bond donors (Lipinski definition) is 2. The molecule has 0 amide bonds. The van der Waals surface area contributed by atoms with Crippen molar-refractivity contribution >= 4 is 23.2 Å². The van der Waals surface area contributed by atoms with Crippen LogP contribution in [0.15, 0.2) is 43.1 Å². The fourth-order valence-electron chi connectivity index (χ4n) is 6.57. The molecule has 0 spiro atoms. The number of tetrazole rings is 1. The van der Waals surface area contributed by atoms with Gasteiger partial charge < -0.3 is 24.6 Å². The Labute approximate surface area is 292 Å². The van der Waals surface area contributed by atoms with Crippen molar-refractivity contribution in [1.29, 1.82) is 0 Å². The van der Waals surface area contributed by atoms with E-state index in [9.17, 15) is 5.11 Å². The average molecular weight is 695 g/mol. The zero-order valence-electron chi connectivity index (χ0n) is 28.9. The summed E-state index contributed by atoms with van der Waals surface area (Å²) in [5.41, 5.74) is 1.50. The number of hydrogen-bond acceptors (Lipinski definition) is 12. The first-order valence-corrected chi connectivity index (χ1v) is 17.5. The maximum atomic E-state index is 10.2. The molecule has 1 saturated carbocycles. The molecular weight excluding hydrogens is 648 g/mol. The van der Waals surface area contributed by atoms with Crippen molar-refractivity contribution in [3.63, 3.8) is 0 Å². The molecule has 1 aliphatic carbocycles. The molecule has 1 aromatic carbocycles. The molecule has 4 aromatic rings. The van der Waals surface area contributed by atoms with Crippen LogP contribution >= 0.6 is 11.6 Å². The van der Waals surface area contributed by atoms with E-state index in [1.807, 2.05) is 29.9 Å². The standard InChI is InChI=1S/C34H47ClN10O4/c1-22-17-43(18-23(2)48-22)27-7-9-28(10-8-27)45-20-30(32(40-45)47-13-12-34(4,5)46)39-33-36-15-26(16-37-33)25-6-11-29(35)31(14-25)49-24(3)19-44-21-38-41-42-44/h6,11,14-16,20-24,27-28,46H,7-10,12-13,17-19H2,1-5H3,(H,36,37,39)/t22-,23+,24?,27?,28?. The van der Waals surface area contributed by atoms with Crippen molar-refractivity contribution in [1.82, 2.24) is 44.9 Å². The van der Waals surface area contributed by atoms with Gasteiger partial charge in [0.25, 0.3) is 5.88 Å². The fraction of sp³-hybridized carbons (Fsp3) is 0.588. The van der Waals surface area contributed by atoms with Gasteiger partial charge in [-0.3, -0.25) is 9.58 Å². The lowest BCUT2D eigenvalue weighted by Gasteiger charge is -2.42. The van der Waals surface area contributed by atoms with Gasteiger partial charge in [0.2, 0.25) is 5.95 Å². The van der Waals surface area contributed by atoms with Crippen LogP contribution in [0.4, 0.5) is 11.6 Å². The Morgan fingerprint density at radius 3 is 2.45 bits per heavy atom. The summed E-state index contributed by atoms with van der Waals surface area (Å²) in [6.45, 7) is 12.6. The number of aliphatic hydroxyl groups is 1. The molecule has 15 heteroatoms. The molecule has 1 aliphatic heterocycles. The number of aromatic nitrogens is 8. The smallest absolute Gasteiger partial charge is 0.256 e. The van der Waals surface area contributed by atoms with Crippen LogP contribution in [0.25, 0.3) is 11.1 Å². The minimum Gasteiger partial charge on any atom is -0.487 e. The largest absolute Gasteiger partial charge is 0.487 e. The first-order chi connectivity index (χ1) is 23.5. The number of ether oxygens (including phenoxy) is 3. The zero-order chi connectivity index (χ0) is 34.5. The number of morpholine rings is 1. The summed E-state index contributed by atoms with van der Waals surface area (Å²) < 4.78 is 21.8. The third-order valence-electron chi connectivity index (χ3n) is 8.98. The molecule has 0 radical (unpaired) electrons. The van der Waals surface area contributed by atoms with E-state index in [-0.39, 0.29) is 24.4 Å². The summed E-state index contributed by atoms with van der Waals surface area (Å²) in [6, 6.07) is 6.40. The third kappa shape index (κ3) is 9.44. The van der Waals surface area contributed by atoms with E-state index in [0.29, 0.717) is 53.9 Å². The average Bonchev–Trinajstić information content (AvgIpc) is 3.71. The lowest BCUT2D eigenvalue weighted by Crippen LogP contribution is -2.51. The Hall–Kier alpha value is -3.85. The number of rotatable bonds is 13. The van der Waals surface area contributed by atoms with Crippen molar-refractivity contribution < 1.29 is 19.3 Å². The number of benzene rings is 1. The second-order valence-electron chi connectivity index (χ2n) is 13.9. The predicted octanol–water partition coefficient (Wildman–Crippen LogP) is 5.32. The van der Waals surface area contributed by atoms with Crippen molar-refractivity contribution in [3.8, 4) is 22.8 Å². The van der Waals surface area contributed by atoms with E-state index >= 15 is 0 Å². The van der Waals surface area contributed by atoms with Crippen molar-refractivity contribution in [2.45, 2.75) is 109 Å². The van der Waals surface area contributed by atoms with Crippen LogP contribution in [0, 0.1) is 0 Å². The maximum absolute atomic E-state index is 10.2. The summed E-state index contributed by atoms with van der Waals surface area (Å²) in [6.07, 6.45) is 12.1. The van der Waals surface area contributed by atoms with Gasteiger partial charge in [-0.05, 0) is 88.4 Å². The van der Waals surface area contributed by atoms with Gasteiger partial charge in [-0.2, -0.15) is 0 Å². The summed E-state index contributed by atoms with van der Waals surface area (Å²) in [4.78, 5) is 11.8. The number of halogens is 1. The first kappa shape index (κ1) is 35.0. The number of anilines is 2. The molecule has 3 aromatic heterocycles. The summed E-state index contributed by atoms with van der Waals surface area (Å²) >= 11 is 6.46. The Bertz CT molecular complexity index is 1630. The van der Waals surface area contributed by atoms with E-state index in [4.69, 9.17) is 30.9 Å².